The van der Waals surface area contributed by atoms with Crippen LogP contribution in [0.5, 0.6) is 0 Å². The van der Waals surface area contributed by atoms with Crippen LogP contribution in [-0.4, -0.2) is 44.7 Å². The smallest absolute Gasteiger partial charge is 0.338 e. The van der Waals surface area contributed by atoms with E-state index in [9.17, 15) is 9.59 Å². The number of benzene rings is 1. The summed E-state index contributed by atoms with van der Waals surface area (Å²) >= 11 is 0. The molecule has 0 unspecified atom stereocenters. The summed E-state index contributed by atoms with van der Waals surface area (Å²) in [5.74, 6) is -0.787. The number of amides is 1. The fraction of sp³-hybridized carbons (Fsp3) is 0.400. The van der Waals surface area contributed by atoms with Gasteiger partial charge >= 0.3 is 5.97 Å². The molecule has 1 aliphatic carbocycles. The quantitative estimate of drug-likeness (QED) is 0.822. The lowest BCUT2D eigenvalue weighted by molar-refractivity contribution is -0.124. The zero-order chi connectivity index (χ0) is 16.1. The molecule has 1 aromatic heterocycles. The second-order valence-corrected chi connectivity index (χ2v) is 5.43. The molecule has 1 aromatic carbocycles. The lowest BCUT2D eigenvalue weighted by Crippen LogP contribution is -2.35. The molecule has 0 spiro atoms. The number of tetrazole rings is 1. The second kappa shape index (κ2) is 6.99. The standard InChI is InChI=1S/C15H17N5O3/c21-14(17-12-3-1-2-4-12)9-23-15(22)11-5-7-13(8-6-11)20-10-16-18-19-20/h5-8,10,12H,1-4,9H2,(H,17,21). The number of esters is 1. The van der Waals surface area contributed by atoms with E-state index in [0.717, 1.165) is 31.4 Å². The van der Waals surface area contributed by atoms with Crippen LogP contribution in [0.15, 0.2) is 30.6 Å². The summed E-state index contributed by atoms with van der Waals surface area (Å²) < 4.78 is 6.51. The van der Waals surface area contributed by atoms with Crippen LogP contribution in [0.1, 0.15) is 36.0 Å². The van der Waals surface area contributed by atoms with E-state index in [1.165, 1.54) is 11.0 Å². The second-order valence-electron chi connectivity index (χ2n) is 5.43. The van der Waals surface area contributed by atoms with Crippen LogP contribution >= 0.6 is 0 Å². The Kier molecular flexibility index (Phi) is 4.60. The zero-order valence-corrected chi connectivity index (χ0v) is 12.5. The minimum Gasteiger partial charge on any atom is -0.452 e. The number of nitrogens with zero attached hydrogens (tertiary/aromatic N) is 4. The molecule has 1 amide bonds. The third kappa shape index (κ3) is 3.91. The molecule has 8 nitrogen and oxygen atoms in total. The van der Waals surface area contributed by atoms with Gasteiger partial charge < -0.3 is 10.1 Å². The van der Waals surface area contributed by atoms with Crippen LogP contribution in [0.25, 0.3) is 5.69 Å². The van der Waals surface area contributed by atoms with Gasteiger partial charge in [-0.25, -0.2) is 9.48 Å². The Balaban J connectivity index is 1.50. The normalized spacial score (nSPS) is 14.6. The summed E-state index contributed by atoms with van der Waals surface area (Å²) in [5.41, 5.74) is 1.10. The maximum atomic E-state index is 11.9. The summed E-state index contributed by atoms with van der Waals surface area (Å²) in [7, 11) is 0. The van der Waals surface area contributed by atoms with E-state index in [1.54, 1.807) is 24.3 Å². The summed E-state index contributed by atoms with van der Waals surface area (Å²) in [6.07, 6.45) is 5.73. The van der Waals surface area contributed by atoms with Gasteiger partial charge in [0.25, 0.3) is 5.91 Å². The van der Waals surface area contributed by atoms with Gasteiger partial charge in [0.05, 0.1) is 11.3 Å². The molecule has 8 heteroatoms. The van der Waals surface area contributed by atoms with Crippen molar-refractivity contribution in [2.24, 2.45) is 0 Å². The first kappa shape index (κ1) is 15.1. The van der Waals surface area contributed by atoms with Gasteiger partial charge in [-0.3, -0.25) is 4.79 Å². The van der Waals surface area contributed by atoms with E-state index in [0.29, 0.717) is 5.56 Å². The Bertz CT molecular complexity index is 663. The van der Waals surface area contributed by atoms with Crippen LogP contribution < -0.4 is 5.32 Å². The fourth-order valence-corrected chi connectivity index (χ4v) is 2.58. The molecule has 1 aliphatic rings. The van der Waals surface area contributed by atoms with Gasteiger partial charge in [0, 0.05) is 6.04 Å². The number of carbonyl (C=O) groups excluding carboxylic acids is 2. The van der Waals surface area contributed by atoms with Gasteiger partial charge in [-0.2, -0.15) is 0 Å². The maximum Gasteiger partial charge on any atom is 0.338 e. The topological polar surface area (TPSA) is 99.0 Å². The molecule has 0 aliphatic heterocycles. The van der Waals surface area contributed by atoms with Crippen molar-refractivity contribution in [3.63, 3.8) is 0 Å². The molecular weight excluding hydrogens is 298 g/mol. The predicted molar refractivity (Wildman–Crippen MR) is 79.8 cm³/mol. The van der Waals surface area contributed by atoms with Crippen molar-refractivity contribution in [1.29, 1.82) is 0 Å². The largest absolute Gasteiger partial charge is 0.452 e. The number of rotatable bonds is 5. The average Bonchev–Trinajstić information content (AvgIpc) is 3.26. The van der Waals surface area contributed by atoms with Crippen LogP contribution in [0.2, 0.25) is 0 Å². The first-order valence-corrected chi connectivity index (χ1v) is 7.52. The first-order valence-electron chi connectivity index (χ1n) is 7.52. The Hall–Kier alpha value is -2.77. The highest BCUT2D eigenvalue weighted by atomic mass is 16.5. The van der Waals surface area contributed by atoms with Crippen LogP contribution in [0.4, 0.5) is 0 Å². The monoisotopic (exact) mass is 315 g/mol. The Morgan fingerprint density at radius 1 is 1.22 bits per heavy atom. The molecule has 3 rings (SSSR count). The van der Waals surface area contributed by atoms with E-state index < -0.39 is 5.97 Å². The van der Waals surface area contributed by atoms with Crippen molar-refractivity contribution in [2.75, 3.05) is 6.61 Å². The summed E-state index contributed by atoms with van der Waals surface area (Å²) in [6, 6.07) is 6.83. The lowest BCUT2D eigenvalue weighted by atomic mass is 10.2. The Labute approximate surface area is 132 Å². The Morgan fingerprint density at radius 2 is 1.96 bits per heavy atom. The molecule has 1 N–H and O–H groups in total. The molecular formula is C15H17N5O3. The van der Waals surface area contributed by atoms with Gasteiger partial charge in [0.15, 0.2) is 6.61 Å². The van der Waals surface area contributed by atoms with E-state index in [4.69, 9.17) is 4.74 Å². The van der Waals surface area contributed by atoms with Gasteiger partial charge in [-0.05, 0) is 47.5 Å². The van der Waals surface area contributed by atoms with Crippen molar-refractivity contribution >= 4 is 11.9 Å². The number of nitrogens with one attached hydrogen (secondary N) is 1. The maximum absolute atomic E-state index is 11.9. The van der Waals surface area contributed by atoms with Crippen LogP contribution in [0, 0.1) is 0 Å². The van der Waals surface area contributed by atoms with Crippen molar-refractivity contribution in [3.05, 3.63) is 36.2 Å². The van der Waals surface area contributed by atoms with Gasteiger partial charge in [0.1, 0.15) is 6.33 Å². The fourth-order valence-electron chi connectivity index (χ4n) is 2.58. The number of hydrogen-bond donors (Lipinski definition) is 1. The third-order valence-corrected chi connectivity index (χ3v) is 3.77. The van der Waals surface area contributed by atoms with Crippen molar-refractivity contribution < 1.29 is 14.3 Å². The third-order valence-electron chi connectivity index (χ3n) is 3.77. The molecule has 0 saturated heterocycles. The van der Waals surface area contributed by atoms with Crippen molar-refractivity contribution in [3.8, 4) is 5.69 Å². The zero-order valence-electron chi connectivity index (χ0n) is 12.5. The van der Waals surface area contributed by atoms with Gasteiger partial charge in [-0.15, -0.1) is 5.10 Å². The van der Waals surface area contributed by atoms with E-state index in [2.05, 4.69) is 20.8 Å². The molecule has 0 atom stereocenters. The molecule has 23 heavy (non-hydrogen) atoms. The molecule has 1 heterocycles. The molecule has 0 bridgehead atoms. The van der Waals surface area contributed by atoms with Gasteiger partial charge in [-0.1, -0.05) is 12.8 Å². The Morgan fingerprint density at radius 3 is 2.61 bits per heavy atom. The highest BCUT2D eigenvalue weighted by Gasteiger charge is 2.18. The lowest BCUT2D eigenvalue weighted by Gasteiger charge is -2.12. The van der Waals surface area contributed by atoms with E-state index in [1.807, 2.05) is 0 Å². The number of ether oxygens (including phenoxy) is 1. The first-order chi connectivity index (χ1) is 11.2. The molecule has 1 fully saturated rings. The summed E-state index contributed by atoms with van der Waals surface area (Å²) in [4.78, 5) is 23.7. The molecule has 120 valence electrons. The van der Waals surface area contributed by atoms with Crippen molar-refractivity contribution in [2.45, 2.75) is 31.7 Å². The molecule has 2 aromatic rings. The van der Waals surface area contributed by atoms with Gasteiger partial charge in [0.2, 0.25) is 0 Å². The number of carbonyl (C=O) groups is 2. The van der Waals surface area contributed by atoms with Crippen LogP contribution in [0.3, 0.4) is 0 Å². The predicted octanol–water partition coefficient (Wildman–Crippen LogP) is 0.878. The van der Waals surface area contributed by atoms with E-state index >= 15 is 0 Å². The van der Waals surface area contributed by atoms with E-state index in [-0.39, 0.29) is 18.6 Å². The molecule has 1 saturated carbocycles. The minimum atomic E-state index is -0.533. The average molecular weight is 315 g/mol. The minimum absolute atomic E-state index is 0.219. The highest BCUT2D eigenvalue weighted by Crippen LogP contribution is 2.17. The molecule has 0 radical (unpaired) electrons. The highest BCUT2D eigenvalue weighted by molar-refractivity contribution is 5.91. The number of aromatic nitrogens is 4. The number of hydrogen-bond acceptors (Lipinski definition) is 6. The van der Waals surface area contributed by atoms with Crippen molar-refractivity contribution in [1.82, 2.24) is 25.5 Å². The summed E-state index contributed by atoms with van der Waals surface area (Å²) in [5, 5.41) is 13.7. The van der Waals surface area contributed by atoms with Crippen LogP contribution in [-0.2, 0) is 9.53 Å². The summed E-state index contributed by atoms with van der Waals surface area (Å²) in [6.45, 7) is -0.260. The SMILES string of the molecule is O=C(COC(=O)c1ccc(-n2cnnn2)cc1)NC1CCCC1.